The van der Waals surface area contributed by atoms with Crippen molar-refractivity contribution in [1.82, 2.24) is 9.47 Å². The first-order valence-electron chi connectivity index (χ1n) is 7.48. The minimum absolute atomic E-state index is 0.560. The Labute approximate surface area is 132 Å². The van der Waals surface area contributed by atoms with Gasteiger partial charge in [0.2, 0.25) is 10.0 Å². The first-order valence-corrected chi connectivity index (χ1v) is 9.37. The Bertz CT molecular complexity index is 802. The lowest BCUT2D eigenvalue weighted by atomic mass is 9.75. The normalized spacial score (nSPS) is 22.0. The van der Waals surface area contributed by atoms with Crippen LogP contribution in [0.25, 0.3) is 10.9 Å². The quantitative estimate of drug-likeness (QED) is 0.940. The zero-order valence-corrected chi connectivity index (χ0v) is 14.3. The number of sulfonamides is 1. The second kappa shape index (κ2) is 5.28. The number of hydrogen-bond donors (Lipinski definition) is 1. The summed E-state index contributed by atoms with van der Waals surface area (Å²) in [4.78, 5) is 2.28. The molecule has 0 radical (unpaired) electrons. The van der Waals surface area contributed by atoms with Gasteiger partial charge in [0.15, 0.2) is 0 Å². The summed E-state index contributed by atoms with van der Waals surface area (Å²) in [6, 6.07) is 6.40. The molecular formula is C16H23N3O2S. The Morgan fingerprint density at radius 2 is 1.95 bits per heavy atom. The van der Waals surface area contributed by atoms with Gasteiger partial charge in [0.05, 0.1) is 6.26 Å². The SMILES string of the molecule is CN(C)C1CC(c2cn(C)c3ccc(NS(C)(=O)=O)cc23)C1. The van der Waals surface area contributed by atoms with Crippen LogP contribution in [0.4, 0.5) is 5.69 Å². The molecule has 22 heavy (non-hydrogen) atoms. The molecule has 5 nitrogen and oxygen atoms in total. The second-order valence-corrected chi connectivity index (χ2v) is 8.34. The maximum atomic E-state index is 11.4. The topological polar surface area (TPSA) is 54.3 Å². The predicted molar refractivity (Wildman–Crippen MR) is 90.8 cm³/mol. The number of anilines is 1. The Hall–Kier alpha value is -1.53. The van der Waals surface area contributed by atoms with Crippen LogP contribution in [0.5, 0.6) is 0 Å². The highest BCUT2D eigenvalue weighted by Crippen LogP contribution is 2.42. The minimum Gasteiger partial charge on any atom is -0.350 e. The summed E-state index contributed by atoms with van der Waals surface area (Å²) in [6.07, 6.45) is 5.69. The van der Waals surface area contributed by atoms with Gasteiger partial charge in [-0.05, 0) is 56.6 Å². The van der Waals surface area contributed by atoms with E-state index in [1.807, 2.05) is 25.2 Å². The molecule has 1 aromatic heterocycles. The van der Waals surface area contributed by atoms with Crippen LogP contribution >= 0.6 is 0 Å². The molecule has 0 spiro atoms. The van der Waals surface area contributed by atoms with E-state index < -0.39 is 10.0 Å². The van der Waals surface area contributed by atoms with E-state index in [-0.39, 0.29) is 0 Å². The zero-order valence-electron chi connectivity index (χ0n) is 13.5. The highest BCUT2D eigenvalue weighted by Gasteiger charge is 2.33. The third-order valence-electron chi connectivity index (χ3n) is 4.61. The molecule has 0 amide bonds. The number of aromatic nitrogens is 1. The van der Waals surface area contributed by atoms with E-state index in [0.717, 1.165) is 23.7 Å². The molecular weight excluding hydrogens is 298 g/mol. The monoisotopic (exact) mass is 321 g/mol. The summed E-state index contributed by atoms with van der Waals surface area (Å²) in [7, 11) is 3.04. The van der Waals surface area contributed by atoms with E-state index in [0.29, 0.717) is 17.6 Å². The molecule has 0 bridgehead atoms. The summed E-state index contributed by atoms with van der Waals surface area (Å²) in [5.41, 5.74) is 3.10. The maximum absolute atomic E-state index is 11.4. The summed E-state index contributed by atoms with van der Waals surface area (Å²) >= 11 is 0. The van der Waals surface area contributed by atoms with Crippen LogP contribution in [-0.4, -0.2) is 44.3 Å². The van der Waals surface area contributed by atoms with Crippen molar-refractivity contribution in [2.75, 3.05) is 25.1 Å². The van der Waals surface area contributed by atoms with Crippen molar-refractivity contribution in [2.24, 2.45) is 7.05 Å². The molecule has 1 aliphatic rings. The zero-order chi connectivity index (χ0) is 16.1. The number of fused-ring (bicyclic) bond motifs is 1. The minimum atomic E-state index is -3.25. The van der Waals surface area contributed by atoms with E-state index in [4.69, 9.17) is 0 Å². The Morgan fingerprint density at radius 3 is 2.55 bits per heavy atom. The third kappa shape index (κ3) is 2.85. The van der Waals surface area contributed by atoms with Gasteiger partial charge < -0.3 is 9.47 Å². The predicted octanol–water partition coefficient (Wildman–Crippen LogP) is 2.36. The molecule has 120 valence electrons. The van der Waals surface area contributed by atoms with E-state index >= 15 is 0 Å². The highest BCUT2D eigenvalue weighted by molar-refractivity contribution is 7.92. The molecule has 1 aliphatic carbocycles. The summed E-state index contributed by atoms with van der Waals surface area (Å²) in [5, 5.41) is 1.15. The van der Waals surface area contributed by atoms with Gasteiger partial charge in [-0.25, -0.2) is 8.42 Å². The van der Waals surface area contributed by atoms with Gasteiger partial charge in [0.25, 0.3) is 0 Å². The van der Waals surface area contributed by atoms with Crippen molar-refractivity contribution in [1.29, 1.82) is 0 Å². The largest absolute Gasteiger partial charge is 0.350 e. The van der Waals surface area contributed by atoms with E-state index in [2.05, 4.69) is 34.5 Å². The Morgan fingerprint density at radius 1 is 1.27 bits per heavy atom. The molecule has 1 saturated carbocycles. The fraction of sp³-hybridized carbons (Fsp3) is 0.500. The molecule has 0 saturated heterocycles. The number of aryl methyl sites for hydroxylation is 1. The van der Waals surface area contributed by atoms with Crippen LogP contribution in [0.2, 0.25) is 0 Å². The van der Waals surface area contributed by atoms with Gasteiger partial charge in [-0.15, -0.1) is 0 Å². The van der Waals surface area contributed by atoms with Crippen molar-refractivity contribution in [3.05, 3.63) is 30.0 Å². The molecule has 1 fully saturated rings. The van der Waals surface area contributed by atoms with Gasteiger partial charge in [0.1, 0.15) is 0 Å². The number of rotatable bonds is 4. The van der Waals surface area contributed by atoms with Crippen molar-refractivity contribution in [3.8, 4) is 0 Å². The Balaban J connectivity index is 1.95. The summed E-state index contributed by atoms with van der Waals surface area (Å²) in [5.74, 6) is 0.560. The van der Waals surface area contributed by atoms with E-state index in [9.17, 15) is 8.42 Å². The van der Waals surface area contributed by atoms with Crippen LogP contribution < -0.4 is 4.72 Å². The van der Waals surface area contributed by atoms with E-state index in [1.165, 1.54) is 11.8 Å². The lowest BCUT2D eigenvalue weighted by molar-refractivity contribution is 0.167. The molecule has 1 aromatic carbocycles. The molecule has 1 heterocycles. The number of nitrogens with one attached hydrogen (secondary N) is 1. The van der Waals surface area contributed by atoms with Crippen LogP contribution in [0.3, 0.4) is 0 Å². The van der Waals surface area contributed by atoms with Gasteiger partial charge in [-0.1, -0.05) is 0 Å². The van der Waals surface area contributed by atoms with Gasteiger partial charge in [-0.3, -0.25) is 4.72 Å². The van der Waals surface area contributed by atoms with Gasteiger partial charge >= 0.3 is 0 Å². The van der Waals surface area contributed by atoms with Crippen LogP contribution in [0, 0.1) is 0 Å². The molecule has 3 rings (SSSR count). The number of benzene rings is 1. The first-order chi connectivity index (χ1) is 10.2. The fourth-order valence-electron chi connectivity index (χ4n) is 3.29. The molecule has 0 atom stereocenters. The summed E-state index contributed by atoms with van der Waals surface area (Å²) < 4.78 is 27.5. The van der Waals surface area contributed by atoms with Crippen molar-refractivity contribution in [3.63, 3.8) is 0 Å². The van der Waals surface area contributed by atoms with Gasteiger partial charge in [-0.2, -0.15) is 0 Å². The lowest BCUT2D eigenvalue weighted by Gasteiger charge is -2.39. The summed E-state index contributed by atoms with van der Waals surface area (Å²) in [6.45, 7) is 0. The number of hydrogen-bond acceptors (Lipinski definition) is 3. The average molecular weight is 321 g/mol. The van der Waals surface area contributed by atoms with Crippen LogP contribution in [-0.2, 0) is 17.1 Å². The Kier molecular flexibility index (Phi) is 3.69. The molecule has 2 aromatic rings. The van der Waals surface area contributed by atoms with Crippen LogP contribution in [0.15, 0.2) is 24.4 Å². The van der Waals surface area contributed by atoms with Gasteiger partial charge in [0, 0.05) is 35.9 Å². The smallest absolute Gasteiger partial charge is 0.229 e. The second-order valence-electron chi connectivity index (χ2n) is 6.59. The van der Waals surface area contributed by atoms with Crippen LogP contribution in [0.1, 0.15) is 24.3 Å². The van der Waals surface area contributed by atoms with Crippen molar-refractivity contribution >= 4 is 26.6 Å². The van der Waals surface area contributed by atoms with E-state index in [1.54, 1.807) is 0 Å². The average Bonchev–Trinajstić information content (AvgIpc) is 2.62. The van der Waals surface area contributed by atoms with Crippen molar-refractivity contribution < 1.29 is 8.42 Å². The fourth-order valence-corrected chi connectivity index (χ4v) is 3.84. The number of nitrogens with zero attached hydrogens (tertiary/aromatic N) is 2. The molecule has 0 aliphatic heterocycles. The highest BCUT2D eigenvalue weighted by atomic mass is 32.2. The lowest BCUT2D eigenvalue weighted by Crippen LogP contribution is -2.39. The maximum Gasteiger partial charge on any atom is 0.229 e. The van der Waals surface area contributed by atoms with Crippen molar-refractivity contribution in [2.45, 2.75) is 24.8 Å². The standard InChI is InChI=1S/C16H23N3O2S/c1-18(2)13-7-11(8-13)15-10-19(3)16-6-5-12(9-14(15)16)17-22(4,20)21/h5-6,9-11,13,17H,7-8H2,1-4H3. The molecule has 0 unspecified atom stereocenters. The molecule has 6 heteroatoms. The third-order valence-corrected chi connectivity index (χ3v) is 5.21. The first kappa shape index (κ1) is 15.4. The molecule has 1 N–H and O–H groups in total.